The third kappa shape index (κ3) is 3.60. The van der Waals surface area contributed by atoms with Gasteiger partial charge < -0.3 is 10.8 Å². The van der Waals surface area contributed by atoms with Crippen LogP contribution in [0.5, 0.6) is 5.75 Å². The standard InChI is InChI=1S/C9H13NO.ClH/c1-7(10)6-8-2-4-9(11)5-3-8;/h2-5,7,11H,6,10H2,1H3;1H. The van der Waals surface area contributed by atoms with E-state index in [2.05, 4.69) is 0 Å². The van der Waals surface area contributed by atoms with Crippen molar-refractivity contribution in [2.24, 2.45) is 5.73 Å². The molecule has 1 rings (SSSR count). The Labute approximate surface area is 78.8 Å². The van der Waals surface area contributed by atoms with E-state index in [0.29, 0.717) is 5.75 Å². The molecule has 2 nitrogen and oxygen atoms in total. The molecule has 0 saturated carbocycles. The Morgan fingerprint density at radius 1 is 1.33 bits per heavy atom. The van der Waals surface area contributed by atoms with Crippen LogP contribution >= 0.6 is 12.4 Å². The maximum Gasteiger partial charge on any atom is 0.115 e. The SMILES string of the molecule is CC(N)Cc1ccc(O)cc1.Cl. The van der Waals surface area contributed by atoms with E-state index in [1.54, 1.807) is 12.1 Å². The van der Waals surface area contributed by atoms with E-state index in [4.69, 9.17) is 10.8 Å². The molecule has 1 aromatic rings. The minimum atomic E-state index is 0. The lowest BCUT2D eigenvalue weighted by atomic mass is 10.1. The van der Waals surface area contributed by atoms with Gasteiger partial charge in [0, 0.05) is 6.04 Å². The van der Waals surface area contributed by atoms with Crippen molar-refractivity contribution in [1.29, 1.82) is 0 Å². The molecule has 3 N–H and O–H groups in total. The number of hydrogen-bond acceptors (Lipinski definition) is 2. The maximum absolute atomic E-state index is 8.96. The second-order valence-electron chi connectivity index (χ2n) is 2.85. The van der Waals surface area contributed by atoms with Crippen LogP contribution in [0.1, 0.15) is 12.5 Å². The molecule has 0 bridgehead atoms. The van der Waals surface area contributed by atoms with Crippen molar-refractivity contribution < 1.29 is 5.11 Å². The molecule has 0 saturated heterocycles. The average molecular weight is 188 g/mol. The zero-order valence-electron chi connectivity index (χ0n) is 7.03. The molecule has 0 aromatic heterocycles. The van der Waals surface area contributed by atoms with Gasteiger partial charge in [-0.1, -0.05) is 12.1 Å². The van der Waals surface area contributed by atoms with Crippen molar-refractivity contribution in [3.63, 3.8) is 0 Å². The fourth-order valence-electron chi connectivity index (χ4n) is 1.00. The van der Waals surface area contributed by atoms with Crippen molar-refractivity contribution >= 4 is 12.4 Å². The highest BCUT2D eigenvalue weighted by Crippen LogP contribution is 2.10. The first-order chi connectivity index (χ1) is 5.18. The van der Waals surface area contributed by atoms with Crippen molar-refractivity contribution in [2.45, 2.75) is 19.4 Å². The summed E-state index contributed by atoms with van der Waals surface area (Å²) >= 11 is 0. The van der Waals surface area contributed by atoms with E-state index < -0.39 is 0 Å². The molecule has 0 aliphatic carbocycles. The van der Waals surface area contributed by atoms with E-state index in [1.807, 2.05) is 19.1 Å². The van der Waals surface area contributed by atoms with Gasteiger partial charge in [-0.3, -0.25) is 0 Å². The summed E-state index contributed by atoms with van der Waals surface area (Å²) < 4.78 is 0. The van der Waals surface area contributed by atoms with E-state index in [0.717, 1.165) is 12.0 Å². The van der Waals surface area contributed by atoms with Gasteiger partial charge in [0.1, 0.15) is 5.75 Å². The molecule has 3 heteroatoms. The molecule has 0 spiro atoms. The van der Waals surface area contributed by atoms with Crippen LogP contribution in [0.3, 0.4) is 0 Å². The second-order valence-corrected chi connectivity index (χ2v) is 2.85. The Hall–Kier alpha value is -0.730. The molecule has 1 atom stereocenters. The number of aromatic hydroxyl groups is 1. The number of benzene rings is 1. The predicted octanol–water partition coefficient (Wildman–Crippen LogP) is 1.70. The van der Waals surface area contributed by atoms with Crippen molar-refractivity contribution in [1.82, 2.24) is 0 Å². The fourth-order valence-corrected chi connectivity index (χ4v) is 1.00. The van der Waals surface area contributed by atoms with E-state index in [1.165, 1.54) is 0 Å². The predicted molar refractivity (Wildman–Crippen MR) is 52.7 cm³/mol. The van der Waals surface area contributed by atoms with Gasteiger partial charge in [0.2, 0.25) is 0 Å². The fraction of sp³-hybridized carbons (Fsp3) is 0.333. The molecule has 0 heterocycles. The van der Waals surface area contributed by atoms with Gasteiger partial charge in [-0.25, -0.2) is 0 Å². The monoisotopic (exact) mass is 187 g/mol. The van der Waals surface area contributed by atoms with E-state index in [-0.39, 0.29) is 18.4 Å². The van der Waals surface area contributed by atoms with Crippen molar-refractivity contribution in [3.8, 4) is 5.75 Å². The lowest BCUT2D eigenvalue weighted by Crippen LogP contribution is -2.17. The molecule has 0 amide bonds. The zero-order valence-corrected chi connectivity index (χ0v) is 7.84. The second kappa shape index (κ2) is 5.01. The highest BCUT2D eigenvalue weighted by Gasteiger charge is 1.96. The highest BCUT2D eigenvalue weighted by molar-refractivity contribution is 5.85. The molecule has 12 heavy (non-hydrogen) atoms. The summed E-state index contributed by atoms with van der Waals surface area (Å²) in [5, 5.41) is 8.96. The number of nitrogens with two attached hydrogens (primary N) is 1. The van der Waals surface area contributed by atoms with E-state index in [9.17, 15) is 0 Å². The molecular weight excluding hydrogens is 174 g/mol. The molecule has 1 unspecified atom stereocenters. The first kappa shape index (κ1) is 11.3. The average Bonchev–Trinajstić information content (AvgIpc) is 1.93. The van der Waals surface area contributed by atoms with Gasteiger partial charge in [-0.05, 0) is 31.0 Å². The summed E-state index contributed by atoms with van der Waals surface area (Å²) in [5.74, 6) is 0.304. The van der Waals surface area contributed by atoms with Gasteiger partial charge in [0.15, 0.2) is 0 Å². The summed E-state index contributed by atoms with van der Waals surface area (Å²) in [6, 6.07) is 7.31. The minimum Gasteiger partial charge on any atom is -0.508 e. The molecule has 1 aromatic carbocycles. The van der Waals surface area contributed by atoms with Gasteiger partial charge in [-0.15, -0.1) is 12.4 Å². The smallest absolute Gasteiger partial charge is 0.115 e. The number of rotatable bonds is 2. The Kier molecular flexibility index (Phi) is 4.71. The molecule has 0 fully saturated rings. The third-order valence-electron chi connectivity index (χ3n) is 1.49. The molecule has 0 aliphatic rings. The zero-order chi connectivity index (χ0) is 8.27. The number of phenols is 1. The Morgan fingerprint density at radius 3 is 2.25 bits per heavy atom. The summed E-state index contributed by atoms with van der Waals surface area (Å²) in [5.41, 5.74) is 6.76. The van der Waals surface area contributed by atoms with E-state index >= 15 is 0 Å². The summed E-state index contributed by atoms with van der Waals surface area (Å²) in [7, 11) is 0. The van der Waals surface area contributed by atoms with Crippen LogP contribution in [-0.4, -0.2) is 11.1 Å². The Bertz CT molecular complexity index is 220. The third-order valence-corrected chi connectivity index (χ3v) is 1.49. The summed E-state index contributed by atoms with van der Waals surface area (Å²) in [4.78, 5) is 0. The topological polar surface area (TPSA) is 46.2 Å². The van der Waals surface area contributed by atoms with Crippen LogP contribution < -0.4 is 5.73 Å². The van der Waals surface area contributed by atoms with Crippen LogP contribution in [0.4, 0.5) is 0 Å². The number of hydrogen-bond donors (Lipinski definition) is 2. The normalized spacial score (nSPS) is 11.8. The molecule has 0 radical (unpaired) electrons. The van der Waals surface area contributed by atoms with Gasteiger partial charge in [-0.2, -0.15) is 0 Å². The maximum atomic E-state index is 8.96. The first-order valence-corrected chi connectivity index (χ1v) is 3.72. The lowest BCUT2D eigenvalue weighted by Gasteiger charge is -2.03. The summed E-state index contributed by atoms with van der Waals surface area (Å²) in [6.07, 6.45) is 0.861. The van der Waals surface area contributed by atoms with Crippen LogP contribution in [0.15, 0.2) is 24.3 Å². The number of phenolic OH excluding ortho intramolecular Hbond substituents is 1. The quantitative estimate of drug-likeness (QED) is 0.741. The highest BCUT2D eigenvalue weighted by atomic mass is 35.5. The van der Waals surface area contributed by atoms with Gasteiger partial charge >= 0.3 is 0 Å². The minimum absolute atomic E-state index is 0. The largest absolute Gasteiger partial charge is 0.508 e. The molecular formula is C9H14ClNO. The van der Waals surface area contributed by atoms with Crippen molar-refractivity contribution in [3.05, 3.63) is 29.8 Å². The van der Waals surface area contributed by atoms with Crippen LogP contribution in [0.2, 0.25) is 0 Å². The Morgan fingerprint density at radius 2 is 1.83 bits per heavy atom. The van der Waals surface area contributed by atoms with Crippen LogP contribution in [-0.2, 0) is 6.42 Å². The van der Waals surface area contributed by atoms with Gasteiger partial charge in [0.05, 0.1) is 0 Å². The van der Waals surface area contributed by atoms with Crippen LogP contribution in [0.25, 0.3) is 0 Å². The van der Waals surface area contributed by atoms with Gasteiger partial charge in [0.25, 0.3) is 0 Å². The molecule has 0 aliphatic heterocycles. The van der Waals surface area contributed by atoms with Crippen molar-refractivity contribution in [2.75, 3.05) is 0 Å². The summed E-state index contributed by atoms with van der Waals surface area (Å²) in [6.45, 7) is 1.97. The van der Waals surface area contributed by atoms with Crippen LogP contribution in [0, 0.1) is 0 Å². The Balaban J connectivity index is 0.00000121. The first-order valence-electron chi connectivity index (χ1n) is 3.72. The molecule has 68 valence electrons. The lowest BCUT2D eigenvalue weighted by molar-refractivity contribution is 0.475. The number of halogens is 1.